The molecule has 1 aromatic heterocycles. The van der Waals surface area contributed by atoms with E-state index in [1.54, 1.807) is 0 Å². The lowest BCUT2D eigenvalue weighted by molar-refractivity contribution is -0.137. The number of nitrogens with zero attached hydrogens (tertiary/aromatic N) is 2. The average molecular weight is 317 g/mol. The Labute approximate surface area is 114 Å². The average Bonchev–Trinajstić information content (AvgIpc) is 2.72. The van der Waals surface area contributed by atoms with Gasteiger partial charge >= 0.3 is 12.3 Å². The van der Waals surface area contributed by atoms with Crippen LogP contribution in [0.15, 0.2) is 12.1 Å². The van der Waals surface area contributed by atoms with Gasteiger partial charge in [-0.25, -0.2) is 22.5 Å². The van der Waals surface area contributed by atoms with Crippen molar-refractivity contribution in [1.82, 2.24) is 9.55 Å². The number of rotatable bonds is 4. The maximum Gasteiger partial charge on any atom is 0.324 e. The van der Waals surface area contributed by atoms with Crippen LogP contribution < -0.4 is 0 Å². The highest BCUT2D eigenvalue weighted by atomic mass is 35.5. The van der Waals surface area contributed by atoms with Gasteiger partial charge in [0.25, 0.3) is 0 Å². The first-order chi connectivity index (χ1) is 9.27. The summed E-state index contributed by atoms with van der Waals surface area (Å²) < 4.78 is 78.0. The summed E-state index contributed by atoms with van der Waals surface area (Å²) >= 11 is 5.47. The first-order valence-corrected chi connectivity index (χ1v) is 5.86. The van der Waals surface area contributed by atoms with Crippen molar-refractivity contribution in [2.24, 2.45) is 0 Å². The summed E-state index contributed by atoms with van der Waals surface area (Å²) in [5.74, 6) is -7.79. The monoisotopic (exact) mass is 316 g/mol. The predicted molar refractivity (Wildman–Crippen MR) is 60.2 cm³/mol. The molecule has 2 rings (SSSR count). The molecule has 0 radical (unpaired) electrons. The van der Waals surface area contributed by atoms with Crippen molar-refractivity contribution in [3.05, 3.63) is 29.6 Å². The molecule has 110 valence electrons. The molecule has 0 N–H and O–H groups in total. The third-order valence-electron chi connectivity index (χ3n) is 2.69. The first kappa shape index (κ1) is 15.0. The summed E-state index contributed by atoms with van der Waals surface area (Å²) in [5, 5.41) is 0. The molecule has 0 bridgehead atoms. The van der Waals surface area contributed by atoms with Gasteiger partial charge < -0.3 is 4.57 Å². The van der Waals surface area contributed by atoms with Crippen LogP contribution in [0.1, 0.15) is 5.82 Å². The predicted octanol–water partition coefficient (Wildman–Crippen LogP) is 3.95. The highest BCUT2D eigenvalue weighted by Crippen LogP contribution is 2.30. The molecule has 2 aromatic rings. The number of halogens is 7. The molecule has 0 unspecified atom stereocenters. The molecule has 1 heterocycles. The lowest BCUT2D eigenvalue weighted by Gasteiger charge is -2.17. The lowest BCUT2D eigenvalue weighted by Crippen LogP contribution is -2.32. The van der Waals surface area contributed by atoms with E-state index in [0.29, 0.717) is 4.57 Å². The van der Waals surface area contributed by atoms with Crippen LogP contribution in [0.2, 0.25) is 0 Å². The highest BCUT2D eigenvalue weighted by molar-refractivity contribution is 6.16. The molecule has 0 fully saturated rings. The third kappa shape index (κ3) is 2.44. The van der Waals surface area contributed by atoms with Gasteiger partial charge in [0.1, 0.15) is 11.3 Å². The summed E-state index contributed by atoms with van der Waals surface area (Å²) in [6.45, 7) is -1.54. The van der Waals surface area contributed by atoms with Crippen molar-refractivity contribution in [1.29, 1.82) is 0 Å². The van der Waals surface area contributed by atoms with Crippen molar-refractivity contribution in [3.8, 4) is 0 Å². The molecule has 0 spiro atoms. The number of imidazole rings is 1. The fourth-order valence-electron chi connectivity index (χ4n) is 1.76. The number of hydrogen-bond acceptors (Lipinski definition) is 1. The maximum atomic E-state index is 13.7. The molecule has 1 aromatic carbocycles. The molecule has 0 aliphatic rings. The summed E-state index contributed by atoms with van der Waals surface area (Å²) in [5.41, 5.74) is -0.745. The van der Waals surface area contributed by atoms with Gasteiger partial charge in [0.15, 0.2) is 11.6 Å². The first-order valence-electron chi connectivity index (χ1n) is 5.33. The summed E-state index contributed by atoms with van der Waals surface area (Å²) in [6.07, 6.45) is -3.94. The van der Waals surface area contributed by atoms with E-state index < -0.39 is 41.9 Å². The molecular weight excluding hydrogens is 310 g/mol. The van der Waals surface area contributed by atoms with E-state index in [4.69, 9.17) is 11.6 Å². The van der Waals surface area contributed by atoms with Gasteiger partial charge in [-0.1, -0.05) is 0 Å². The Hall–Kier alpha value is -1.44. The molecule has 0 saturated heterocycles. The summed E-state index contributed by atoms with van der Waals surface area (Å²) in [7, 11) is 0. The smallest absolute Gasteiger partial charge is 0.318 e. The number of aromatic nitrogens is 2. The Morgan fingerprint density at radius 1 is 1.25 bits per heavy atom. The van der Waals surface area contributed by atoms with Crippen LogP contribution in [0.4, 0.5) is 26.3 Å². The van der Waals surface area contributed by atoms with Crippen molar-refractivity contribution in [2.75, 3.05) is 0 Å². The van der Waals surface area contributed by atoms with Gasteiger partial charge in [-0.2, -0.15) is 8.78 Å². The van der Waals surface area contributed by atoms with Crippen molar-refractivity contribution in [3.63, 3.8) is 0 Å². The minimum Gasteiger partial charge on any atom is -0.318 e. The fraction of sp³-hybridized carbons (Fsp3) is 0.364. The third-order valence-corrected chi connectivity index (χ3v) is 2.93. The molecule has 0 saturated carbocycles. The van der Waals surface area contributed by atoms with Gasteiger partial charge in [0.05, 0.1) is 17.9 Å². The molecule has 20 heavy (non-hydrogen) atoms. The largest absolute Gasteiger partial charge is 0.324 e. The topological polar surface area (TPSA) is 17.8 Å². The van der Waals surface area contributed by atoms with Crippen LogP contribution in [-0.4, -0.2) is 21.9 Å². The number of alkyl halides is 5. The molecule has 2 nitrogen and oxygen atoms in total. The number of hydrogen-bond donors (Lipinski definition) is 0. The van der Waals surface area contributed by atoms with E-state index in [1.807, 2.05) is 0 Å². The van der Waals surface area contributed by atoms with Crippen LogP contribution in [0.25, 0.3) is 11.0 Å². The molecule has 9 heteroatoms. The minimum atomic E-state index is -4.41. The Morgan fingerprint density at radius 2 is 1.90 bits per heavy atom. The SMILES string of the molecule is Fc1ccc2nc(CCl)n(CC(F)(F)C(F)F)c2c1F. The van der Waals surface area contributed by atoms with E-state index in [-0.39, 0.29) is 11.3 Å². The molecule has 0 amide bonds. The van der Waals surface area contributed by atoms with Crippen LogP contribution in [0, 0.1) is 11.6 Å². The zero-order valence-electron chi connectivity index (χ0n) is 9.69. The summed E-state index contributed by atoms with van der Waals surface area (Å²) in [6, 6.07) is 1.82. The second-order valence-corrected chi connectivity index (χ2v) is 4.31. The Balaban J connectivity index is 2.64. The van der Waals surface area contributed by atoms with Crippen molar-refractivity contribution < 1.29 is 26.3 Å². The van der Waals surface area contributed by atoms with Gasteiger partial charge in [-0.05, 0) is 12.1 Å². The Kier molecular flexibility index (Phi) is 3.86. The van der Waals surface area contributed by atoms with E-state index in [2.05, 4.69) is 4.98 Å². The summed E-state index contributed by atoms with van der Waals surface area (Å²) in [4.78, 5) is 3.72. The maximum absolute atomic E-state index is 13.7. The lowest BCUT2D eigenvalue weighted by atomic mass is 10.2. The Bertz CT molecular complexity index is 639. The number of benzene rings is 1. The zero-order chi connectivity index (χ0) is 15.1. The van der Waals surface area contributed by atoms with Crippen molar-refractivity contribution >= 4 is 22.6 Å². The zero-order valence-corrected chi connectivity index (χ0v) is 10.4. The fourth-order valence-corrected chi connectivity index (χ4v) is 1.96. The van der Waals surface area contributed by atoms with E-state index in [0.717, 1.165) is 12.1 Å². The molecule has 0 aliphatic heterocycles. The van der Waals surface area contributed by atoms with Gasteiger partial charge in [-0.3, -0.25) is 0 Å². The minimum absolute atomic E-state index is 0.135. The standard InChI is InChI=1S/C11H7ClF6N2/c12-3-7-19-6-2-1-5(13)8(14)9(6)20(7)4-11(17,18)10(15)16/h1-2,10H,3-4H2. The van der Waals surface area contributed by atoms with Crippen LogP contribution in [0.3, 0.4) is 0 Å². The Morgan fingerprint density at radius 3 is 2.45 bits per heavy atom. The second-order valence-electron chi connectivity index (χ2n) is 4.04. The van der Waals surface area contributed by atoms with E-state index in [1.165, 1.54) is 0 Å². The van der Waals surface area contributed by atoms with E-state index >= 15 is 0 Å². The quantitative estimate of drug-likeness (QED) is 0.617. The molecule has 0 aliphatic carbocycles. The second kappa shape index (κ2) is 5.16. The number of fused-ring (bicyclic) bond motifs is 1. The molecular formula is C11H7ClF6N2. The van der Waals surface area contributed by atoms with Crippen LogP contribution in [0.5, 0.6) is 0 Å². The van der Waals surface area contributed by atoms with Crippen LogP contribution in [-0.2, 0) is 12.4 Å². The van der Waals surface area contributed by atoms with E-state index in [9.17, 15) is 26.3 Å². The normalized spacial score (nSPS) is 12.6. The highest BCUT2D eigenvalue weighted by Gasteiger charge is 2.42. The van der Waals surface area contributed by atoms with Gasteiger partial charge in [-0.15, -0.1) is 11.6 Å². The van der Waals surface area contributed by atoms with Crippen LogP contribution >= 0.6 is 11.6 Å². The van der Waals surface area contributed by atoms with Gasteiger partial charge in [0.2, 0.25) is 0 Å². The van der Waals surface area contributed by atoms with Gasteiger partial charge in [0, 0.05) is 0 Å². The van der Waals surface area contributed by atoms with Crippen molar-refractivity contribution in [2.45, 2.75) is 24.8 Å². The molecule has 0 atom stereocenters.